The standard InChI is InChI=1S/C13H20ClN5O/c1-20-10-6-4-5-9(10)15-12-16-11(14)17-13(18-12)19-7-2-3-8-19/h9-10H,2-8H2,1H3,(H,15,16,17,18). The van der Waals surface area contributed by atoms with Gasteiger partial charge in [0, 0.05) is 20.2 Å². The van der Waals surface area contributed by atoms with Crippen LogP contribution in [-0.2, 0) is 4.74 Å². The summed E-state index contributed by atoms with van der Waals surface area (Å²) < 4.78 is 5.48. The molecule has 1 aromatic rings. The SMILES string of the molecule is COC1CCCC1Nc1nc(Cl)nc(N2CCCC2)n1. The molecule has 2 unspecified atom stereocenters. The minimum Gasteiger partial charge on any atom is -0.379 e. The summed E-state index contributed by atoms with van der Waals surface area (Å²) in [5, 5.41) is 3.59. The van der Waals surface area contributed by atoms with Crippen LogP contribution in [0.15, 0.2) is 0 Å². The van der Waals surface area contributed by atoms with Crippen LogP contribution in [0.25, 0.3) is 0 Å². The van der Waals surface area contributed by atoms with Gasteiger partial charge in [-0.1, -0.05) is 0 Å². The van der Waals surface area contributed by atoms with E-state index in [9.17, 15) is 0 Å². The maximum absolute atomic E-state index is 6.02. The number of nitrogens with zero attached hydrogens (tertiary/aromatic N) is 4. The smallest absolute Gasteiger partial charge is 0.231 e. The van der Waals surface area contributed by atoms with E-state index in [2.05, 4.69) is 25.2 Å². The highest BCUT2D eigenvalue weighted by molar-refractivity contribution is 6.28. The van der Waals surface area contributed by atoms with Crippen molar-refractivity contribution >= 4 is 23.5 Å². The molecule has 2 fully saturated rings. The zero-order valence-corrected chi connectivity index (χ0v) is 12.4. The lowest BCUT2D eigenvalue weighted by Crippen LogP contribution is -2.31. The summed E-state index contributed by atoms with van der Waals surface area (Å²) in [6, 6.07) is 0.255. The number of methoxy groups -OCH3 is 1. The molecule has 1 saturated heterocycles. The molecule has 1 saturated carbocycles. The molecule has 2 aliphatic rings. The zero-order chi connectivity index (χ0) is 13.9. The molecule has 7 heteroatoms. The van der Waals surface area contributed by atoms with Crippen LogP contribution in [-0.4, -0.2) is 47.3 Å². The van der Waals surface area contributed by atoms with Crippen LogP contribution in [0.4, 0.5) is 11.9 Å². The van der Waals surface area contributed by atoms with Gasteiger partial charge in [-0.15, -0.1) is 0 Å². The minimum atomic E-state index is 0.223. The number of nitrogens with one attached hydrogen (secondary N) is 1. The number of hydrogen-bond donors (Lipinski definition) is 1. The number of aromatic nitrogens is 3. The summed E-state index contributed by atoms with van der Waals surface area (Å²) in [5.74, 6) is 1.23. The third kappa shape index (κ3) is 2.96. The van der Waals surface area contributed by atoms with E-state index in [0.29, 0.717) is 11.9 Å². The molecule has 2 heterocycles. The van der Waals surface area contributed by atoms with Crippen molar-refractivity contribution in [2.75, 3.05) is 30.4 Å². The van der Waals surface area contributed by atoms with Crippen LogP contribution < -0.4 is 10.2 Å². The Morgan fingerprint density at radius 1 is 1.15 bits per heavy atom. The number of ether oxygens (including phenoxy) is 1. The summed E-state index contributed by atoms with van der Waals surface area (Å²) >= 11 is 6.02. The molecule has 1 N–H and O–H groups in total. The fourth-order valence-corrected chi connectivity index (χ4v) is 3.16. The van der Waals surface area contributed by atoms with Crippen molar-refractivity contribution in [3.63, 3.8) is 0 Å². The van der Waals surface area contributed by atoms with Gasteiger partial charge in [0.1, 0.15) is 0 Å². The van der Waals surface area contributed by atoms with Gasteiger partial charge >= 0.3 is 0 Å². The Hall–Kier alpha value is -1.14. The van der Waals surface area contributed by atoms with Crippen molar-refractivity contribution in [3.8, 4) is 0 Å². The molecular weight excluding hydrogens is 278 g/mol. The number of halogens is 1. The highest BCUT2D eigenvalue weighted by atomic mass is 35.5. The summed E-state index contributed by atoms with van der Waals surface area (Å²) in [5.41, 5.74) is 0. The quantitative estimate of drug-likeness (QED) is 0.918. The largest absolute Gasteiger partial charge is 0.379 e. The molecule has 0 amide bonds. The second kappa shape index (κ2) is 6.10. The average molecular weight is 298 g/mol. The van der Waals surface area contributed by atoms with Crippen LogP contribution in [0.5, 0.6) is 0 Å². The van der Waals surface area contributed by atoms with E-state index >= 15 is 0 Å². The van der Waals surface area contributed by atoms with E-state index in [0.717, 1.165) is 32.4 Å². The molecule has 1 aliphatic carbocycles. The molecule has 1 aromatic heterocycles. The molecule has 0 aromatic carbocycles. The summed E-state index contributed by atoms with van der Waals surface area (Å²) in [6.07, 6.45) is 5.89. The molecule has 1 aliphatic heterocycles. The third-order valence-electron chi connectivity index (χ3n) is 4.06. The molecule has 110 valence electrons. The van der Waals surface area contributed by atoms with Crippen molar-refractivity contribution in [3.05, 3.63) is 5.28 Å². The Kier molecular flexibility index (Phi) is 4.21. The van der Waals surface area contributed by atoms with Crippen LogP contribution >= 0.6 is 11.6 Å². The molecule has 0 bridgehead atoms. The molecule has 20 heavy (non-hydrogen) atoms. The summed E-state index contributed by atoms with van der Waals surface area (Å²) in [6.45, 7) is 1.98. The van der Waals surface area contributed by atoms with Crippen LogP contribution in [0, 0.1) is 0 Å². The Balaban J connectivity index is 1.75. The second-order valence-electron chi connectivity index (χ2n) is 5.38. The second-order valence-corrected chi connectivity index (χ2v) is 5.72. The molecule has 0 radical (unpaired) electrons. The minimum absolute atomic E-state index is 0.223. The highest BCUT2D eigenvalue weighted by Gasteiger charge is 2.28. The van der Waals surface area contributed by atoms with Crippen molar-refractivity contribution in [2.45, 2.75) is 44.2 Å². The number of rotatable bonds is 4. The molecular formula is C13H20ClN5O. The van der Waals surface area contributed by atoms with Gasteiger partial charge in [0.15, 0.2) is 0 Å². The van der Waals surface area contributed by atoms with Gasteiger partial charge in [-0.05, 0) is 43.7 Å². The van der Waals surface area contributed by atoms with Gasteiger partial charge in [-0.2, -0.15) is 15.0 Å². The normalized spacial score (nSPS) is 26.2. The lowest BCUT2D eigenvalue weighted by molar-refractivity contribution is 0.101. The molecule has 2 atom stereocenters. The first-order valence-corrected chi connectivity index (χ1v) is 7.60. The van der Waals surface area contributed by atoms with Crippen molar-refractivity contribution in [2.24, 2.45) is 0 Å². The van der Waals surface area contributed by atoms with Gasteiger partial charge in [0.25, 0.3) is 0 Å². The van der Waals surface area contributed by atoms with E-state index in [4.69, 9.17) is 16.3 Å². The van der Waals surface area contributed by atoms with Gasteiger partial charge in [-0.3, -0.25) is 0 Å². The van der Waals surface area contributed by atoms with Gasteiger partial charge in [0.05, 0.1) is 12.1 Å². The van der Waals surface area contributed by atoms with Gasteiger partial charge < -0.3 is 15.0 Å². The van der Waals surface area contributed by atoms with E-state index in [1.165, 1.54) is 12.8 Å². The topological polar surface area (TPSA) is 63.2 Å². The summed E-state index contributed by atoms with van der Waals surface area (Å²) in [4.78, 5) is 15.1. The van der Waals surface area contributed by atoms with Crippen molar-refractivity contribution in [1.29, 1.82) is 0 Å². The maximum Gasteiger partial charge on any atom is 0.231 e. The first-order chi connectivity index (χ1) is 9.76. The van der Waals surface area contributed by atoms with E-state index < -0.39 is 0 Å². The molecule has 0 spiro atoms. The Labute approximate surface area is 123 Å². The molecule has 3 rings (SSSR count). The van der Waals surface area contributed by atoms with E-state index in [1.54, 1.807) is 7.11 Å². The highest BCUT2D eigenvalue weighted by Crippen LogP contribution is 2.25. The average Bonchev–Trinajstić information content (AvgIpc) is 3.08. The molecule has 6 nitrogen and oxygen atoms in total. The number of hydrogen-bond acceptors (Lipinski definition) is 6. The first kappa shape index (κ1) is 13.8. The third-order valence-corrected chi connectivity index (χ3v) is 4.22. The Morgan fingerprint density at radius 3 is 2.70 bits per heavy atom. The fraction of sp³-hybridized carbons (Fsp3) is 0.769. The predicted octanol–water partition coefficient (Wildman–Crippen LogP) is 2.10. The van der Waals surface area contributed by atoms with E-state index in [1.807, 2.05) is 0 Å². The zero-order valence-electron chi connectivity index (χ0n) is 11.7. The number of anilines is 2. The van der Waals surface area contributed by atoms with Crippen LogP contribution in [0.2, 0.25) is 5.28 Å². The lowest BCUT2D eigenvalue weighted by atomic mass is 10.2. The van der Waals surface area contributed by atoms with Gasteiger partial charge in [0.2, 0.25) is 17.2 Å². The summed E-state index contributed by atoms with van der Waals surface area (Å²) in [7, 11) is 1.75. The Bertz CT molecular complexity index is 466. The maximum atomic E-state index is 6.02. The van der Waals surface area contributed by atoms with Crippen molar-refractivity contribution < 1.29 is 4.74 Å². The lowest BCUT2D eigenvalue weighted by Gasteiger charge is -2.21. The fourth-order valence-electron chi connectivity index (χ4n) is 3.00. The van der Waals surface area contributed by atoms with Crippen LogP contribution in [0.3, 0.4) is 0 Å². The Morgan fingerprint density at radius 2 is 1.95 bits per heavy atom. The van der Waals surface area contributed by atoms with Crippen LogP contribution in [0.1, 0.15) is 32.1 Å². The predicted molar refractivity (Wildman–Crippen MR) is 78.3 cm³/mol. The first-order valence-electron chi connectivity index (χ1n) is 7.22. The van der Waals surface area contributed by atoms with Crippen molar-refractivity contribution in [1.82, 2.24) is 15.0 Å². The monoisotopic (exact) mass is 297 g/mol. The van der Waals surface area contributed by atoms with E-state index in [-0.39, 0.29) is 17.4 Å². The van der Waals surface area contributed by atoms with Gasteiger partial charge in [-0.25, -0.2) is 0 Å².